The number of rotatable bonds is 4. The Balaban J connectivity index is 2.21. The topological polar surface area (TPSA) is 64.8 Å². The van der Waals surface area contributed by atoms with Crippen molar-refractivity contribution < 1.29 is 9.00 Å². The maximum atomic E-state index is 12.0. The first kappa shape index (κ1) is 12.9. The van der Waals surface area contributed by atoms with Crippen molar-refractivity contribution in [1.82, 2.24) is 14.8 Å². The monoisotopic (exact) mass is 283 g/mol. The summed E-state index contributed by atoms with van der Waals surface area (Å²) in [6.07, 6.45) is 2.88. The number of carbonyl (C=O) groups is 1. The predicted octanol–water partition coefficient (Wildman–Crippen LogP) is 1.55. The van der Waals surface area contributed by atoms with Crippen molar-refractivity contribution in [3.63, 3.8) is 0 Å². The average Bonchev–Trinajstić information content (AvgIpc) is 2.77. The van der Waals surface area contributed by atoms with E-state index in [-0.39, 0.29) is 17.5 Å². The van der Waals surface area contributed by atoms with E-state index in [9.17, 15) is 9.00 Å². The molecule has 0 spiro atoms. The molecule has 0 N–H and O–H groups in total. The number of hydrogen-bond donors (Lipinski definition) is 0. The van der Waals surface area contributed by atoms with Gasteiger partial charge in [0.1, 0.15) is 6.33 Å². The van der Waals surface area contributed by atoms with Gasteiger partial charge < -0.3 is 0 Å². The van der Waals surface area contributed by atoms with E-state index in [4.69, 9.17) is 11.6 Å². The van der Waals surface area contributed by atoms with Crippen LogP contribution in [0.25, 0.3) is 0 Å². The minimum atomic E-state index is -1.28. The van der Waals surface area contributed by atoms with E-state index in [1.165, 1.54) is 17.2 Å². The summed E-state index contributed by atoms with van der Waals surface area (Å²) in [6, 6.07) is 6.68. The summed E-state index contributed by atoms with van der Waals surface area (Å²) in [5.74, 6) is -0.135. The summed E-state index contributed by atoms with van der Waals surface area (Å²) in [7, 11) is -1.28. The van der Waals surface area contributed by atoms with Gasteiger partial charge in [-0.25, -0.2) is 0 Å². The first-order valence-corrected chi connectivity index (χ1v) is 7.01. The Morgan fingerprint density at radius 1 is 1.50 bits per heavy atom. The summed E-state index contributed by atoms with van der Waals surface area (Å²) in [5.41, 5.74) is 0.504. The molecule has 0 amide bonds. The second kappa shape index (κ2) is 5.41. The van der Waals surface area contributed by atoms with E-state index in [1.807, 2.05) is 0 Å². The zero-order chi connectivity index (χ0) is 13.1. The molecule has 18 heavy (non-hydrogen) atoms. The van der Waals surface area contributed by atoms with Crippen molar-refractivity contribution in [3.05, 3.63) is 41.2 Å². The lowest BCUT2D eigenvalue weighted by molar-refractivity contribution is 0.0969. The van der Waals surface area contributed by atoms with Crippen LogP contribution in [0.4, 0.5) is 0 Å². The quantitative estimate of drug-likeness (QED) is 0.799. The van der Waals surface area contributed by atoms with Crippen molar-refractivity contribution in [3.8, 4) is 0 Å². The number of benzene rings is 1. The van der Waals surface area contributed by atoms with Gasteiger partial charge in [-0.15, -0.1) is 10.2 Å². The Morgan fingerprint density at radius 2 is 2.28 bits per heavy atom. The van der Waals surface area contributed by atoms with E-state index < -0.39 is 10.8 Å². The highest BCUT2D eigenvalue weighted by Crippen LogP contribution is 2.12. The van der Waals surface area contributed by atoms with Gasteiger partial charge in [0.25, 0.3) is 0 Å². The number of Topliss-reactive ketones (excluding diaryl/α,β-unsaturated/α-hetero) is 1. The zero-order valence-corrected chi connectivity index (χ0v) is 11.1. The smallest absolute Gasteiger partial charge is 0.221 e. The molecule has 1 aromatic carbocycles. The summed E-state index contributed by atoms with van der Waals surface area (Å²) < 4.78 is 12.8. The predicted molar refractivity (Wildman–Crippen MR) is 68.1 cm³/mol. The van der Waals surface area contributed by atoms with Crippen molar-refractivity contribution >= 4 is 28.2 Å². The van der Waals surface area contributed by atoms with Crippen LogP contribution in [-0.4, -0.2) is 31.0 Å². The fraction of sp³-hybridized carbons (Fsp3) is 0.182. The summed E-state index contributed by atoms with van der Waals surface area (Å²) in [5, 5.41) is 8.15. The highest BCUT2D eigenvalue weighted by molar-refractivity contribution is 7.84. The van der Waals surface area contributed by atoms with Crippen molar-refractivity contribution in [2.45, 2.75) is 11.7 Å². The van der Waals surface area contributed by atoms with E-state index in [2.05, 4.69) is 10.2 Å². The Bertz CT molecular complexity index is 612. The van der Waals surface area contributed by atoms with E-state index >= 15 is 0 Å². The third-order valence-electron chi connectivity index (χ3n) is 2.30. The first-order valence-electron chi connectivity index (χ1n) is 5.08. The van der Waals surface area contributed by atoms with Gasteiger partial charge in [0.05, 0.1) is 17.3 Å². The SMILES string of the molecule is C[S@@](=O)c1nncn1CC(=O)c1cccc(Cl)c1. The highest BCUT2D eigenvalue weighted by atomic mass is 35.5. The van der Waals surface area contributed by atoms with Gasteiger partial charge in [0.2, 0.25) is 5.16 Å². The molecule has 0 bridgehead atoms. The second-order valence-electron chi connectivity index (χ2n) is 3.63. The molecule has 2 aromatic rings. The van der Waals surface area contributed by atoms with Gasteiger partial charge in [-0.3, -0.25) is 13.6 Å². The summed E-state index contributed by atoms with van der Waals surface area (Å²) in [6.45, 7) is 0.0439. The molecule has 0 aliphatic carbocycles. The number of carbonyl (C=O) groups excluding carboxylic acids is 1. The van der Waals surface area contributed by atoms with E-state index in [0.717, 1.165) is 0 Å². The first-order chi connectivity index (χ1) is 8.58. The van der Waals surface area contributed by atoms with Crippen LogP contribution in [0.15, 0.2) is 35.7 Å². The van der Waals surface area contributed by atoms with Crippen LogP contribution in [0.2, 0.25) is 5.02 Å². The van der Waals surface area contributed by atoms with Gasteiger partial charge in [0, 0.05) is 16.8 Å². The summed E-state index contributed by atoms with van der Waals surface area (Å²) in [4.78, 5) is 12.0. The Labute approximate surface area is 111 Å². The van der Waals surface area contributed by atoms with Gasteiger partial charge in [-0.1, -0.05) is 23.7 Å². The molecule has 1 heterocycles. The molecular formula is C11H10ClN3O2S. The minimum absolute atomic E-state index is 0.0439. The molecule has 0 saturated carbocycles. The van der Waals surface area contributed by atoms with Crippen molar-refractivity contribution in [1.29, 1.82) is 0 Å². The van der Waals surface area contributed by atoms with Crippen LogP contribution >= 0.6 is 11.6 Å². The number of nitrogens with zero attached hydrogens (tertiary/aromatic N) is 3. The van der Waals surface area contributed by atoms with Crippen LogP contribution in [0.3, 0.4) is 0 Å². The van der Waals surface area contributed by atoms with Gasteiger partial charge in [0.15, 0.2) is 5.78 Å². The normalized spacial score (nSPS) is 12.3. The molecule has 1 aromatic heterocycles. The molecule has 94 valence electrons. The van der Waals surface area contributed by atoms with Gasteiger partial charge >= 0.3 is 0 Å². The Kier molecular flexibility index (Phi) is 3.88. The van der Waals surface area contributed by atoms with Crippen LogP contribution in [0.1, 0.15) is 10.4 Å². The molecule has 0 saturated heterocycles. The molecule has 2 rings (SSSR count). The molecule has 0 aliphatic rings. The number of halogens is 1. The lowest BCUT2D eigenvalue weighted by Crippen LogP contribution is -2.13. The van der Waals surface area contributed by atoms with E-state index in [1.54, 1.807) is 24.3 Å². The molecule has 0 aliphatic heterocycles. The highest BCUT2D eigenvalue weighted by Gasteiger charge is 2.13. The Morgan fingerprint density at radius 3 is 2.94 bits per heavy atom. The van der Waals surface area contributed by atoms with Crippen LogP contribution in [0.5, 0.6) is 0 Å². The third kappa shape index (κ3) is 2.83. The average molecular weight is 284 g/mol. The molecule has 0 unspecified atom stereocenters. The fourth-order valence-corrected chi connectivity index (χ4v) is 2.28. The van der Waals surface area contributed by atoms with Gasteiger partial charge in [-0.2, -0.15) is 0 Å². The maximum absolute atomic E-state index is 12.0. The minimum Gasteiger partial charge on any atom is -0.299 e. The fourth-order valence-electron chi connectivity index (χ4n) is 1.48. The lowest BCUT2D eigenvalue weighted by atomic mass is 10.1. The zero-order valence-electron chi connectivity index (χ0n) is 9.54. The lowest BCUT2D eigenvalue weighted by Gasteiger charge is -2.04. The molecule has 7 heteroatoms. The molecule has 5 nitrogen and oxygen atoms in total. The molecule has 0 fully saturated rings. The number of hydrogen-bond acceptors (Lipinski definition) is 4. The standard InChI is InChI=1S/C11H10ClN3O2S/c1-18(17)11-14-13-7-15(11)6-10(16)8-3-2-4-9(12)5-8/h2-5,7H,6H2,1H3/t18-/m1/s1. The third-order valence-corrected chi connectivity index (χ3v) is 3.36. The number of ketones is 1. The second-order valence-corrected chi connectivity index (χ2v) is 5.34. The largest absolute Gasteiger partial charge is 0.299 e. The summed E-state index contributed by atoms with van der Waals surface area (Å²) >= 11 is 5.82. The molecule has 0 radical (unpaired) electrons. The van der Waals surface area contributed by atoms with Crippen LogP contribution in [0, 0.1) is 0 Å². The Hall–Kier alpha value is -1.53. The van der Waals surface area contributed by atoms with Crippen molar-refractivity contribution in [2.24, 2.45) is 0 Å². The maximum Gasteiger partial charge on any atom is 0.221 e. The van der Waals surface area contributed by atoms with Crippen LogP contribution < -0.4 is 0 Å². The van der Waals surface area contributed by atoms with Crippen LogP contribution in [-0.2, 0) is 17.3 Å². The number of aromatic nitrogens is 3. The van der Waals surface area contributed by atoms with Crippen molar-refractivity contribution in [2.75, 3.05) is 6.26 Å². The molecular weight excluding hydrogens is 274 g/mol. The van der Waals surface area contributed by atoms with E-state index in [0.29, 0.717) is 10.6 Å². The molecule has 1 atom stereocenters. The van der Waals surface area contributed by atoms with Gasteiger partial charge in [-0.05, 0) is 12.1 Å².